The molecule has 2 N–H and O–H groups in total. The Morgan fingerprint density at radius 1 is 1.60 bits per heavy atom. The van der Waals surface area contributed by atoms with Gasteiger partial charge in [0, 0.05) is 6.54 Å². The number of rotatable bonds is 2. The zero-order valence-electron chi connectivity index (χ0n) is 7.98. The Labute approximate surface area is 84.3 Å². The molecule has 0 aliphatic carbocycles. The maximum atomic E-state index is 12.5. The van der Waals surface area contributed by atoms with Crippen molar-refractivity contribution in [2.75, 3.05) is 6.54 Å². The molecular formula is C9H10F3NO2. The summed E-state index contributed by atoms with van der Waals surface area (Å²) in [6, 6.07) is 0. The zero-order valence-corrected chi connectivity index (χ0v) is 7.98. The Kier molecular flexibility index (Phi) is 3.06. The first-order chi connectivity index (χ1) is 6.86. The summed E-state index contributed by atoms with van der Waals surface area (Å²) >= 11 is 0. The molecule has 0 radical (unpaired) electrons. The van der Waals surface area contributed by atoms with Crippen LogP contribution in [0.4, 0.5) is 13.2 Å². The molecule has 0 bridgehead atoms. The molecule has 1 aliphatic heterocycles. The van der Waals surface area contributed by atoms with Crippen LogP contribution in [-0.2, 0) is 4.79 Å². The second-order valence-electron chi connectivity index (χ2n) is 3.09. The number of nitrogens with one attached hydrogen (secondary N) is 1. The van der Waals surface area contributed by atoms with Crippen LogP contribution in [0.15, 0.2) is 22.9 Å². The number of hydrogen-bond donors (Lipinski definition) is 2. The summed E-state index contributed by atoms with van der Waals surface area (Å²) in [5.74, 6) is -1.38. The summed E-state index contributed by atoms with van der Waals surface area (Å²) < 4.78 is 37.5. The highest BCUT2D eigenvalue weighted by Gasteiger charge is 2.36. The number of carbonyl (C=O) groups is 1. The molecule has 3 nitrogen and oxygen atoms in total. The lowest BCUT2D eigenvalue weighted by Gasteiger charge is -2.21. The van der Waals surface area contributed by atoms with E-state index in [9.17, 15) is 18.0 Å². The van der Waals surface area contributed by atoms with Crippen molar-refractivity contribution >= 4 is 5.97 Å². The fourth-order valence-electron chi connectivity index (χ4n) is 1.33. The highest BCUT2D eigenvalue weighted by Crippen LogP contribution is 2.32. The monoisotopic (exact) mass is 221 g/mol. The summed E-state index contributed by atoms with van der Waals surface area (Å²) in [4.78, 5) is 10.5. The number of dihydropyridines is 1. The van der Waals surface area contributed by atoms with Gasteiger partial charge in [-0.1, -0.05) is 6.92 Å². The summed E-state index contributed by atoms with van der Waals surface area (Å²) in [5.41, 5.74) is -1.09. The van der Waals surface area contributed by atoms with Crippen LogP contribution in [0.2, 0.25) is 0 Å². The minimum absolute atomic E-state index is 0.0660. The van der Waals surface area contributed by atoms with Crippen molar-refractivity contribution in [3.05, 3.63) is 22.9 Å². The van der Waals surface area contributed by atoms with Crippen molar-refractivity contribution in [1.82, 2.24) is 5.32 Å². The van der Waals surface area contributed by atoms with Crippen molar-refractivity contribution < 1.29 is 23.1 Å². The van der Waals surface area contributed by atoms with E-state index in [1.807, 2.05) is 0 Å². The summed E-state index contributed by atoms with van der Waals surface area (Å²) in [6.45, 7) is 1.53. The average Bonchev–Trinajstić information content (AvgIpc) is 2.15. The van der Waals surface area contributed by atoms with Crippen LogP contribution in [0.5, 0.6) is 0 Å². The Hall–Kier alpha value is -1.46. The average molecular weight is 221 g/mol. The second-order valence-corrected chi connectivity index (χ2v) is 3.09. The van der Waals surface area contributed by atoms with Crippen molar-refractivity contribution in [2.45, 2.75) is 19.5 Å². The van der Waals surface area contributed by atoms with E-state index >= 15 is 0 Å². The lowest BCUT2D eigenvalue weighted by Crippen LogP contribution is -2.30. The van der Waals surface area contributed by atoms with E-state index in [-0.39, 0.29) is 18.5 Å². The molecule has 0 saturated carbocycles. The number of allylic oxidation sites excluding steroid dienone is 2. The summed E-state index contributed by atoms with van der Waals surface area (Å²) in [6.07, 6.45) is -3.61. The first-order valence-corrected chi connectivity index (χ1v) is 4.34. The first-order valence-electron chi connectivity index (χ1n) is 4.34. The highest BCUT2D eigenvalue weighted by molar-refractivity contribution is 5.87. The van der Waals surface area contributed by atoms with Gasteiger partial charge in [0.15, 0.2) is 0 Å². The van der Waals surface area contributed by atoms with Gasteiger partial charge in [-0.05, 0) is 18.1 Å². The maximum Gasteiger partial charge on any atom is 0.416 e. The van der Waals surface area contributed by atoms with Crippen molar-refractivity contribution in [3.8, 4) is 0 Å². The van der Waals surface area contributed by atoms with E-state index in [1.165, 1.54) is 0 Å². The number of aliphatic carboxylic acids is 1. The number of carboxylic acid groups (broad SMARTS) is 1. The predicted molar refractivity (Wildman–Crippen MR) is 47.1 cm³/mol. The maximum absolute atomic E-state index is 12.5. The quantitative estimate of drug-likeness (QED) is 0.747. The summed E-state index contributed by atoms with van der Waals surface area (Å²) in [7, 11) is 0. The van der Waals surface area contributed by atoms with Gasteiger partial charge in [-0.25, -0.2) is 4.79 Å². The van der Waals surface area contributed by atoms with Crippen LogP contribution in [-0.4, -0.2) is 23.8 Å². The van der Waals surface area contributed by atoms with Crippen molar-refractivity contribution in [2.24, 2.45) is 0 Å². The van der Waals surface area contributed by atoms with Crippen LogP contribution in [0.3, 0.4) is 0 Å². The molecule has 0 atom stereocenters. The fourth-order valence-corrected chi connectivity index (χ4v) is 1.33. The van der Waals surface area contributed by atoms with E-state index in [0.717, 1.165) is 0 Å². The predicted octanol–water partition coefficient (Wildman–Crippen LogP) is 1.83. The minimum atomic E-state index is -4.49. The van der Waals surface area contributed by atoms with E-state index in [0.29, 0.717) is 6.08 Å². The molecule has 0 amide bonds. The molecule has 84 valence electrons. The topological polar surface area (TPSA) is 49.3 Å². The van der Waals surface area contributed by atoms with Gasteiger partial charge in [-0.3, -0.25) is 0 Å². The van der Waals surface area contributed by atoms with Crippen molar-refractivity contribution in [3.63, 3.8) is 0 Å². The molecule has 6 heteroatoms. The second kappa shape index (κ2) is 3.96. The van der Waals surface area contributed by atoms with Crippen molar-refractivity contribution in [1.29, 1.82) is 0 Å². The van der Waals surface area contributed by atoms with Crippen LogP contribution in [0, 0.1) is 0 Å². The molecule has 1 rings (SSSR count). The zero-order chi connectivity index (χ0) is 11.6. The number of halogens is 3. The third-order valence-corrected chi connectivity index (χ3v) is 2.12. The van der Waals surface area contributed by atoms with Gasteiger partial charge in [0.1, 0.15) is 5.70 Å². The molecule has 0 aromatic heterocycles. The third kappa shape index (κ3) is 2.51. The molecule has 0 fully saturated rings. The molecule has 1 aliphatic rings. The highest BCUT2D eigenvalue weighted by atomic mass is 19.4. The molecule has 1 heterocycles. The minimum Gasteiger partial charge on any atom is -0.477 e. The largest absolute Gasteiger partial charge is 0.477 e. The Morgan fingerprint density at radius 3 is 2.60 bits per heavy atom. The van der Waals surface area contributed by atoms with Gasteiger partial charge in [0.2, 0.25) is 0 Å². The normalized spacial score (nSPS) is 17.2. The van der Waals surface area contributed by atoms with Gasteiger partial charge in [0.05, 0.1) is 5.57 Å². The third-order valence-electron chi connectivity index (χ3n) is 2.12. The van der Waals surface area contributed by atoms with Gasteiger partial charge < -0.3 is 10.4 Å². The summed E-state index contributed by atoms with van der Waals surface area (Å²) in [5, 5.41) is 11.0. The van der Waals surface area contributed by atoms with Gasteiger partial charge >= 0.3 is 12.1 Å². The van der Waals surface area contributed by atoms with Crippen LogP contribution < -0.4 is 5.32 Å². The molecule has 0 unspecified atom stereocenters. The van der Waals surface area contributed by atoms with E-state index < -0.39 is 23.4 Å². The van der Waals surface area contributed by atoms with Gasteiger partial charge in [-0.15, -0.1) is 0 Å². The molecule has 15 heavy (non-hydrogen) atoms. The van der Waals surface area contributed by atoms with Crippen LogP contribution in [0.25, 0.3) is 0 Å². The lowest BCUT2D eigenvalue weighted by atomic mass is 10.0. The lowest BCUT2D eigenvalue weighted by molar-refractivity contribution is -0.133. The number of carboxylic acids is 1. The van der Waals surface area contributed by atoms with Gasteiger partial charge in [0.25, 0.3) is 0 Å². The molecule has 0 aromatic carbocycles. The molecule has 0 saturated heterocycles. The van der Waals surface area contributed by atoms with Gasteiger partial charge in [-0.2, -0.15) is 13.2 Å². The first kappa shape index (κ1) is 11.6. The van der Waals surface area contributed by atoms with E-state index in [1.54, 1.807) is 6.92 Å². The van der Waals surface area contributed by atoms with E-state index in [4.69, 9.17) is 5.11 Å². The van der Waals surface area contributed by atoms with E-state index in [2.05, 4.69) is 5.32 Å². The van der Waals surface area contributed by atoms with Crippen LogP contribution in [0.1, 0.15) is 13.3 Å². The molecule has 0 spiro atoms. The number of hydrogen-bond acceptors (Lipinski definition) is 2. The van der Waals surface area contributed by atoms with Crippen LogP contribution >= 0.6 is 0 Å². The standard InChI is InChI=1S/C9H10F3NO2/c1-2-5-4-13-7(8(14)15)3-6(5)9(10,11)12/h3,13H,2,4H2,1H3,(H,14,15). The Morgan fingerprint density at radius 2 is 2.20 bits per heavy atom. The molecule has 0 aromatic rings. The smallest absolute Gasteiger partial charge is 0.416 e. The fraction of sp³-hybridized carbons (Fsp3) is 0.444. The molecular weight excluding hydrogens is 211 g/mol. The number of alkyl halides is 3. The Bertz CT molecular complexity index is 342. The Balaban J connectivity index is 3.14. The SMILES string of the molecule is CCC1=C(C(F)(F)F)C=C(C(=O)O)NC1.